The molecule has 1 aliphatic rings. The Morgan fingerprint density at radius 3 is 2.86 bits per heavy atom. The van der Waals surface area contributed by atoms with Gasteiger partial charge in [0.25, 0.3) is 0 Å². The molecule has 6 heteroatoms. The van der Waals surface area contributed by atoms with Gasteiger partial charge in [0.1, 0.15) is 5.82 Å². The van der Waals surface area contributed by atoms with Crippen molar-refractivity contribution in [3.63, 3.8) is 0 Å². The van der Waals surface area contributed by atoms with Crippen LogP contribution in [0.5, 0.6) is 0 Å². The minimum Gasteiger partial charge on any atom is -0.344 e. The Bertz CT molecular complexity index is 756. The molecule has 1 fully saturated rings. The number of carbonyl (C=O) groups is 1. The number of benzene rings is 1. The summed E-state index contributed by atoms with van der Waals surface area (Å²) in [6.45, 7) is 4.95. The molecule has 1 aromatic heterocycles. The molecule has 2 aromatic rings. The number of nitrogens with one attached hydrogen (secondary N) is 1. The third kappa shape index (κ3) is 5.19. The van der Waals surface area contributed by atoms with Gasteiger partial charge in [-0.1, -0.05) is 13.3 Å². The Kier molecular flexibility index (Phi) is 7.20. The van der Waals surface area contributed by atoms with Crippen molar-refractivity contribution in [3.05, 3.63) is 41.8 Å². The van der Waals surface area contributed by atoms with E-state index in [9.17, 15) is 9.18 Å². The molecule has 5 nitrogen and oxygen atoms in total. The predicted octanol–water partition coefficient (Wildman–Crippen LogP) is 3.87. The first-order valence-corrected chi connectivity index (χ1v) is 10.4. The summed E-state index contributed by atoms with van der Waals surface area (Å²) in [4.78, 5) is 17.1. The second-order valence-electron chi connectivity index (χ2n) is 7.70. The molecule has 0 aliphatic carbocycles. The summed E-state index contributed by atoms with van der Waals surface area (Å²) < 4.78 is 13.1. The highest BCUT2D eigenvalue weighted by Crippen LogP contribution is 2.20. The molecule has 1 amide bonds. The van der Waals surface area contributed by atoms with Crippen LogP contribution in [0, 0.1) is 5.82 Å². The number of carbonyl (C=O) groups excluding carboxylic acids is 1. The zero-order valence-electron chi connectivity index (χ0n) is 17.0. The zero-order chi connectivity index (χ0) is 19.9. The van der Waals surface area contributed by atoms with Gasteiger partial charge in [0.2, 0.25) is 5.91 Å². The van der Waals surface area contributed by atoms with Crippen molar-refractivity contribution in [2.24, 2.45) is 0 Å². The van der Waals surface area contributed by atoms with Gasteiger partial charge in [-0.25, -0.2) is 4.39 Å². The molecule has 1 aliphatic heterocycles. The minimum atomic E-state index is -0.248. The quantitative estimate of drug-likeness (QED) is 0.749. The fraction of sp³-hybridized carbons (Fsp3) is 0.545. The first-order valence-electron chi connectivity index (χ1n) is 10.4. The van der Waals surface area contributed by atoms with E-state index in [1.54, 1.807) is 12.1 Å². The monoisotopic (exact) mass is 386 g/mol. The third-order valence-corrected chi connectivity index (χ3v) is 5.50. The van der Waals surface area contributed by atoms with E-state index in [1.165, 1.54) is 18.6 Å². The molecule has 0 radical (unpaired) electrons. The third-order valence-electron chi connectivity index (χ3n) is 5.50. The van der Waals surface area contributed by atoms with Crippen LogP contribution in [0.2, 0.25) is 0 Å². The first kappa shape index (κ1) is 20.5. The molecule has 0 spiro atoms. The Hall–Kier alpha value is -2.21. The Labute approximate surface area is 166 Å². The molecular formula is C22H31FN4O. The van der Waals surface area contributed by atoms with Crippen LogP contribution in [0.25, 0.3) is 11.3 Å². The number of aryl methyl sites for hydroxylation is 1. The number of H-pyrrole nitrogens is 1. The zero-order valence-corrected chi connectivity index (χ0v) is 17.0. The van der Waals surface area contributed by atoms with E-state index < -0.39 is 0 Å². The highest BCUT2D eigenvalue weighted by atomic mass is 19.1. The molecule has 1 saturated heterocycles. The van der Waals surface area contributed by atoms with E-state index in [2.05, 4.69) is 22.0 Å². The van der Waals surface area contributed by atoms with E-state index in [-0.39, 0.29) is 17.8 Å². The molecule has 0 saturated carbocycles. The normalized spacial score (nSPS) is 17.6. The van der Waals surface area contributed by atoms with Crippen molar-refractivity contribution < 1.29 is 9.18 Å². The molecule has 0 bridgehead atoms. The molecule has 28 heavy (non-hydrogen) atoms. The first-order chi connectivity index (χ1) is 13.6. The number of hydrogen-bond acceptors (Lipinski definition) is 3. The SMILES string of the molecule is CCCN1CCCCC1C(=O)N(C)CCCc1cc(-c2ccc(F)cc2)n[nH]1. The average Bonchev–Trinajstić information content (AvgIpc) is 3.17. The molecule has 152 valence electrons. The summed E-state index contributed by atoms with van der Waals surface area (Å²) in [7, 11) is 1.91. The van der Waals surface area contributed by atoms with E-state index >= 15 is 0 Å². The molecular weight excluding hydrogens is 355 g/mol. The number of rotatable bonds is 8. The summed E-state index contributed by atoms with van der Waals surface area (Å²) in [5.74, 6) is 0.00689. The highest BCUT2D eigenvalue weighted by molar-refractivity contribution is 5.81. The van der Waals surface area contributed by atoms with Gasteiger partial charge in [0.15, 0.2) is 0 Å². The van der Waals surface area contributed by atoms with Crippen molar-refractivity contribution in [1.82, 2.24) is 20.0 Å². The number of halogens is 1. The van der Waals surface area contributed by atoms with Gasteiger partial charge in [-0.05, 0) is 75.5 Å². The molecule has 1 N–H and O–H groups in total. The fourth-order valence-corrected chi connectivity index (χ4v) is 3.95. The average molecular weight is 387 g/mol. The molecule has 3 rings (SSSR count). The van der Waals surface area contributed by atoms with Crippen LogP contribution in [-0.2, 0) is 11.2 Å². The van der Waals surface area contributed by atoms with Gasteiger partial charge in [-0.2, -0.15) is 5.10 Å². The molecule has 1 aromatic carbocycles. The Morgan fingerprint density at radius 2 is 2.11 bits per heavy atom. The lowest BCUT2D eigenvalue weighted by atomic mass is 10.0. The van der Waals surface area contributed by atoms with Crippen molar-refractivity contribution in [2.45, 2.75) is 51.5 Å². The van der Waals surface area contributed by atoms with Crippen molar-refractivity contribution in [3.8, 4) is 11.3 Å². The maximum atomic E-state index is 13.1. The number of hydrogen-bond donors (Lipinski definition) is 1. The molecule has 1 atom stereocenters. The van der Waals surface area contributed by atoms with Crippen LogP contribution in [0.4, 0.5) is 4.39 Å². The lowest BCUT2D eigenvalue weighted by Crippen LogP contribution is -2.50. The highest BCUT2D eigenvalue weighted by Gasteiger charge is 2.29. The topological polar surface area (TPSA) is 52.2 Å². The standard InChI is InChI=1S/C22H31FN4O/c1-3-13-27-15-5-4-8-21(27)22(28)26(2)14-6-7-19-16-20(25-24-19)17-9-11-18(23)12-10-17/h9-12,16,21H,3-8,13-15H2,1-2H3,(H,24,25). The number of piperidine rings is 1. The van der Waals surface area contributed by atoms with Gasteiger partial charge in [-0.3, -0.25) is 14.8 Å². The van der Waals surface area contributed by atoms with Crippen LogP contribution >= 0.6 is 0 Å². The smallest absolute Gasteiger partial charge is 0.239 e. The number of amides is 1. The summed E-state index contributed by atoms with van der Waals surface area (Å²) >= 11 is 0. The summed E-state index contributed by atoms with van der Waals surface area (Å²) in [5.41, 5.74) is 2.74. The second-order valence-corrected chi connectivity index (χ2v) is 7.70. The largest absolute Gasteiger partial charge is 0.344 e. The lowest BCUT2D eigenvalue weighted by molar-refractivity contribution is -0.137. The van der Waals surface area contributed by atoms with Crippen molar-refractivity contribution >= 4 is 5.91 Å². The Balaban J connectivity index is 1.49. The van der Waals surface area contributed by atoms with Gasteiger partial charge in [-0.15, -0.1) is 0 Å². The van der Waals surface area contributed by atoms with Gasteiger partial charge >= 0.3 is 0 Å². The molecule has 1 unspecified atom stereocenters. The number of likely N-dealkylation sites (tertiary alicyclic amines) is 1. The molecule has 2 heterocycles. The van der Waals surface area contributed by atoms with Crippen LogP contribution in [-0.4, -0.2) is 58.6 Å². The van der Waals surface area contributed by atoms with Crippen LogP contribution < -0.4 is 0 Å². The number of aromatic amines is 1. The number of nitrogens with zero attached hydrogens (tertiary/aromatic N) is 3. The maximum Gasteiger partial charge on any atom is 0.239 e. The fourth-order valence-electron chi connectivity index (χ4n) is 3.95. The van der Waals surface area contributed by atoms with Gasteiger partial charge < -0.3 is 4.90 Å². The van der Waals surface area contributed by atoms with E-state index in [4.69, 9.17) is 0 Å². The second kappa shape index (κ2) is 9.82. The lowest BCUT2D eigenvalue weighted by Gasteiger charge is -2.36. The predicted molar refractivity (Wildman–Crippen MR) is 109 cm³/mol. The van der Waals surface area contributed by atoms with Gasteiger partial charge in [0, 0.05) is 24.8 Å². The summed E-state index contributed by atoms with van der Waals surface area (Å²) in [6.07, 6.45) is 6.12. The number of likely N-dealkylation sites (N-methyl/N-ethyl adjacent to an activating group) is 1. The maximum absolute atomic E-state index is 13.1. The van der Waals surface area contributed by atoms with Crippen molar-refractivity contribution in [1.29, 1.82) is 0 Å². The summed E-state index contributed by atoms with van der Waals surface area (Å²) in [6, 6.07) is 8.39. The van der Waals surface area contributed by atoms with E-state index in [0.717, 1.165) is 68.7 Å². The van der Waals surface area contributed by atoms with Gasteiger partial charge in [0.05, 0.1) is 11.7 Å². The van der Waals surface area contributed by atoms with Crippen LogP contribution in [0.3, 0.4) is 0 Å². The van der Waals surface area contributed by atoms with Crippen LogP contribution in [0.1, 0.15) is 44.7 Å². The van der Waals surface area contributed by atoms with E-state index in [1.807, 2.05) is 18.0 Å². The Morgan fingerprint density at radius 1 is 1.32 bits per heavy atom. The summed E-state index contributed by atoms with van der Waals surface area (Å²) in [5, 5.41) is 7.37. The number of aromatic nitrogens is 2. The van der Waals surface area contributed by atoms with Crippen LogP contribution in [0.15, 0.2) is 30.3 Å². The minimum absolute atomic E-state index is 0.0518. The van der Waals surface area contributed by atoms with Crippen molar-refractivity contribution in [2.75, 3.05) is 26.7 Å². The van der Waals surface area contributed by atoms with E-state index in [0.29, 0.717) is 0 Å².